The molecule has 4 aromatic heterocycles. The maximum absolute atomic E-state index is 13.3. The van der Waals surface area contributed by atoms with Crippen LogP contribution in [0.25, 0.3) is 22.1 Å². The van der Waals surface area contributed by atoms with E-state index in [4.69, 9.17) is 19.4 Å². The monoisotopic (exact) mass is 717 g/mol. The predicted octanol–water partition coefficient (Wildman–Crippen LogP) is 3.39. The topological polar surface area (TPSA) is 165 Å². The van der Waals surface area contributed by atoms with E-state index in [1.165, 1.54) is 0 Å². The number of hydrogen-bond donors (Lipinski definition) is 4. The highest BCUT2D eigenvalue weighted by molar-refractivity contribution is 5.93. The molecule has 6 heterocycles. The van der Waals surface area contributed by atoms with Gasteiger partial charge in [0.2, 0.25) is 11.8 Å². The minimum Gasteiger partial charge on any atom is -0.381 e. The van der Waals surface area contributed by atoms with Crippen molar-refractivity contribution >= 4 is 45.3 Å². The standard InChI is InChI=1S/C37H55N11O4/c1-6-30-26(34(42-24-10-14-51-15-11-24)28-20-40-47(8-3)36(28)44-30)18-38-32(49)22-46(5)23-33(50)39-19-27-31(7-2)45-37-29(21-41-48(37)9-4)35(27)43-25-12-16-52-17-13-25/h20-21,24-25H,6-19,22-23H2,1-5H3,(H,38,49)(H,39,50)(H,42,44)(H,43,45). The summed E-state index contributed by atoms with van der Waals surface area (Å²) in [5.74, 6) is -0.338. The van der Waals surface area contributed by atoms with Gasteiger partial charge in [-0.05, 0) is 59.4 Å². The van der Waals surface area contributed by atoms with Crippen molar-refractivity contribution in [2.75, 3.05) is 57.2 Å². The molecule has 15 heteroatoms. The third-order valence-corrected chi connectivity index (χ3v) is 10.1. The van der Waals surface area contributed by atoms with Gasteiger partial charge in [0.15, 0.2) is 11.3 Å². The van der Waals surface area contributed by atoms with Gasteiger partial charge in [-0.25, -0.2) is 19.3 Å². The number of hydrogen-bond acceptors (Lipinski definition) is 11. The van der Waals surface area contributed by atoms with Crippen LogP contribution in [0.2, 0.25) is 0 Å². The van der Waals surface area contributed by atoms with E-state index in [1.54, 1.807) is 11.9 Å². The van der Waals surface area contributed by atoms with Crippen molar-refractivity contribution in [2.24, 2.45) is 0 Å². The largest absolute Gasteiger partial charge is 0.381 e. The van der Waals surface area contributed by atoms with Crippen LogP contribution < -0.4 is 21.3 Å². The summed E-state index contributed by atoms with van der Waals surface area (Å²) in [4.78, 5) is 38.2. The third-order valence-electron chi connectivity index (χ3n) is 10.1. The van der Waals surface area contributed by atoms with Crippen molar-refractivity contribution in [1.29, 1.82) is 0 Å². The molecule has 0 bridgehead atoms. The molecule has 0 aromatic carbocycles. The number of rotatable bonds is 16. The zero-order chi connectivity index (χ0) is 36.6. The number of aromatic nitrogens is 6. The molecule has 2 aliphatic rings. The number of carbonyl (C=O) groups is 2. The first-order valence-electron chi connectivity index (χ1n) is 19.0. The molecule has 2 amide bonds. The number of aryl methyl sites for hydroxylation is 4. The van der Waals surface area contributed by atoms with Crippen LogP contribution in [-0.4, -0.2) is 105 Å². The molecule has 282 valence electrons. The second-order valence-corrected chi connectivity index (χ2v) is 13.7. The average molecular weight is 718 g/mol. The summed E-state index contributed by atoms with van der Waals surface area (Å²) in [6.45, 7) is 13.4. The van der Waals surface area contributed by atoms with Crippen molar-refractivity contribution in [3.8, 4) is 0 Å². The Labute approximate surface area is 305 Å². The first kappa shape index (κ1) is 37.4. The number of nitrogens with zero attached hydrogens (tertiary/aromatic N) is 7. The van der Waals surface area contributed by atoms with E-state index in [9.17, 15) is 9.59 Å². The summed E-state index contributed by atoms with van der Waals surface area (Å²) >= 11 is 0. The van der Waals surface area contributed by atoms with Crippen LogP contribution in [0, 0.1) is 0 Å². The van der Waals surface area contributed by atoms with Gasteiger partial charge in [-0.15, -0.1) is 0 Å². The zero-order valence-electron chi connectivity index (χ0n) is 31.4. The Hall–Kier alpha value is -4.34. The van der Waals surface area contributed by atoms with Crippen LogP contribution >= 0.6 is 0 Å². The van der Waals surface area contributed by atoms with E-state index in [0.29, 0.717) is 25.9 Å². The van der Waals surface area contributed by atoms with E-state index in [0.717, 1.165) is 121 Å². The van der Waals surface area contributed by atoms with Crippen LogP contribution in [0.15, 0.2) is 12.4 Å². The molecule has 4 N–H and O–H groups in total. The molecular formula is C37H55N11O4. The molecule has 0 atom stereocenters. The summed E-state index contributed by atoms with van der Waals surface area (Å²) in [6, 6.07) is 0.531. The Kier molecular flexibility index (Phi) is 12.6. The van der Waals surface area contributed by atoms with Gasteiger partial charge < -0.3 is 30.7 Å². The number of carbonyl (C=O) groups excluding carboxylic acids is 2. The summed E-state index contributed by atoms with van der Waals surface area (Å²) in [7, 11) is 1.78. The van der Waals surface area contributed by atoms with Gasteiger partial charge in [0.25, 0.3) is 0 Å². The highest BCUT2D eigenvalue weighted by Gasteiger charge is 2.24. The molecule has 2 aliphatic heterocycles. The minimum absolute atomic E-state index is 0.0710. The Morgan fingerprint density at radius 3 is 1.48 bits per heavy atom. The van der Waals surface area contributed by atoms with Crippen molar-refractivity contribution in [3.05, 3.63) is 34.9 Å². The SMILES string of the molecule is CCc1nc2c(cnn2CC)c(NC2CCOCC2)c1CNC(=O)CN(C)CC(=O)NCc1c(CC)nc2c(cnn2CC)c1NC1CCOCC1. The molecule has 15 nitrogen and oxygen atoms in total. The second kappa shape index (κ2) is 17.5. The molecular weight excluding hydrogens is 662 g/mol. The van der Waals surface area contributed by atoms with Crippen LogP contribution in [0.5, 0.6) is 0 Å². The molecule has 0 unspecified atom stereocenters. The number of fused-ring (bicyclic) bond motifs is 2. The van der Waals surface area contributed by atoms with Crippen LogP contribution in [0.4, 0.5) is 11.4 Å². The Bertz CT molecular complexity index is 1710. The Balaban J connectivity index is 1.10. The molecule has 52 heavy (non-hydrogen) atoms. The van der Waals surface area contributed by atoms with Crippen LogP contribution in [-0.2, 0) is 58.1 Å². The summed E-state index contributed by atoms with van der Waals surface area (Å²) in [5.41, 5.74) is 7.45. The average Bonchev–Trinajstić information content (AvgIpc) is 3.78. The molecule has 4 aromatic rings. The van der Waals surface area contributed by atoms with Crippen LogP contribution in [0.3, 0.4) is 0 Å². The number of nitrogens with one attached hydrogen (secondary N) is 4. The maximum atomic E-state index is 13.3. The number of ether oxygens (including phenoxy) is 2. The molecule has 0 saturated carbocycles. The van der Waals surface area contributed by atoms with Gasteiger partial charge in [-0.3, -0.25) is 14.5 Å². The van der Waals surface area contributed by atoms with Crippen molar-refractivity contribution < 1.29 is 19.1 Å². The van der Waals surface area contributed by atoms with Crippen molar-refractivity contribution in [2.45, 2.75) is 104 Å². The van der Waals surface area contributed by atoms with Gasteiger partial charge in [-0.2, -0.15) is 10.2 Å². The molecule has 0 radical (unpaired) electrons. The van der Waals surface area contributed by atoms with Gasteiger partial charge in [0.05, 0.1) is 47.6 Å². The fourth-order valence-electron chi connectivity index (χ4n) is 7.23. The second-order valence-electron chi connectivity index (χ2n) is 13.7. The smallest absolute Gasteiger partial charge is 0.234 e. The Morgan fingerprint density at radius 1 is 0.712 bits per heavy atom. The Morgan fingerprint density at radius 2 is 1.12 bits per heavy atom. The van der Waals surface area contributed by atoms with Gasteiger partial charge in [0, 0.05) is 87.2 Å². The summed E-state index contributed by atoms with van der Waals surface area (Å²) in [5, 5.41) is 24.8. The third kappa shape index (κ3) is 8.48. The lowest BCUT2D eigenvalue weighted by molar-refractivity contribution is -0.124. The highest BCUT2D eigenvalue weighted by Crippen LogP contribution is 2.32. The van der Waals surface area contributed by atoms with E-state index >= 15 is 0 Å². The molecule has 0 aliphatic carbocycles. The van der Waals surface area contributed by atoms with Crippen LogP contribution in [0.1, 0.15) is 75.9 Å². The quantitative estimate of drug-likeness (QED) is 0.134. The normalized spacial score (nSPS) is 15.8. The van der Waals surface area contributed by atoms with Crippen molar-refractivity contribution in [1.82, 2.24) is 45.1 Å². The van der Waals surface area contributed by atoms with E-state index < -0.39 is 0 Å². The lowest BCUT2D eigenvalue weighted by Gasteiger charge is -2.27. The maximum Gasteiger partial charge on any atom is 0.234 e. The molecule has 0 spiro atoms. The van der Waals surface area contributed by atoms with Gasteiger partial charge >= 0.3 is 0 Å². The fraction of sp³-hybridized carbons (Fsp3) is 0.622. The number of pyridine rings is 2. The summed E-state index contributed by atoms with van der Waals surface area (Å²) in [6.07, 6.45) is 8.81. The predicted molar refractivity (Wildman–Crippen MR) is 201 cm³/mol. The number of likely N-dealkylation sites (N-methyl/N-ethyl adjacent to an activating group) is 1. The van der Waals surface area contributed by atoms with Gasteiger partial charge in [0.1, 0.15) is 0 Å². The number of anilines is 2. The zero-order valence-corrected chi connectivity index (χ0v) is 31.4. The molecule has 2 fully saturated rings. The van der Waals surface area contributed by atoms with Crippen molar-refractivity contribution in [3.63, 3.8) is 0 Å². The minimum atomic E-state index is -0.169. The summed E-state index contributed by atoms with van der Waals surface area (Å²) < 4.78 is 15.0. The fourth-order valence-corrected chi connectivity index (χ4v) is 7.23. The number of amides is 2. The first-order chi connectivity index (χ1) is 25.3. The highest BCUT2D eigenvalue weighted by atomic mass is 16.5. The van der Waals surface area contributed by atoms with E-state index in [-0.39, 0.29) is 37.0 Å². The first-order valence-corrected chi connectivity index (χ1v) is 19.0. The lowest BCUT2D eigenvalue weighted by atomic mass is 10.0. The van der Waals surface area contributed by atoms with Gasteiger partial charge in [-0.1, -0.05) is 13.8 Å². The van der Waals surface area contributed by atoms with E-state index in [2.05, 4.69) is 59.2 Å². The molecule has 2 saturated heterocycles. The van der Waals surface area contributed by atoms with E-state index in [1.807, 2.05) is 21.8 Å². The molecule has 6 rings (SSSR count). The lowest BCUT2D eigenvalue weighted by Crippen LogP contribution is -2.41.